The SMILES string of the molecule is CCN(NC(=O)CCN1C(=O)C=CC1=O)C(=O)CC(CC(C)=CCc1c(O)c2c(c(C)c1OC)COC2=O)C(=O)O. The highest BCUT2D eigenvalue weighted by molar-refractivity contribution is 6.13. The Morgan fingerprint density at radius 1 is 1.20 bits per heavy atom. The number of nitrogens with zero attached hydrogens (tertiary/aromatic N) is 2. The van der Waals surface area contributed by atoms with Crippen molar-refractivity contribution >= 4 is 35.6 Å². The predicted molar refractivity (Wildman–Crippen MR) is 142 cm³/mol. The van der Waals surface area contributed by atoms with Crippen molar-refractivity contribution in [3.8, 4) is 11.5 Å². The van der Waals surface area contributed by atoms with Gasteiger partial charge in [0.25, 0.3) is 11.8 Å². The molecule has 0 fully saturated rings. The number of benzene rings is 1. The van der Waals surface area contributed by atoms with Crippen LogP contribution in [0.2, 0.25) is 0 Å². The van der Waals surface area contributed by atoms with Crippen molar-refractivity contribution in [1.82, 2.24) is 15.3 Å². The fourth-order valence-corrected chi connectivity index (χ4v) is 4.73. The van der Waals surface area contributed by atoms with Crippen molar-refractivity contribution < 1.29 is 48.5 Å². The Hall–Kier alpha value is -4.68. The standard InChI is InChI=1S/C28H33N3O10/c1-5-31(29-20(32)10-11-30-21(33)8-9-22(30)34)23(35)13-17(27(37)38)12-15(2)6-7-18-25(36)24-19(14-41-28(24)39)16(3)26(18)40-4/h6,8-9,17,36H,5,7,10-14H2,1-4H3,(H,29,32)(H,37,38). The summed E-state index contributed by atoms with van der Waals surface area (Å²) in [4.78, 5) is 73.5. The first-order valence-electron chi connectivity index (χ1n) is 13.0. The highest BCUT2D eigenvalue weighted by Gasteiger charge is 2.32. The molecule has 0 bridgehead atoms. The minimum atomic E-state index is -1.21. The number of hydrogen-bond donors (Lipinski definition) is 3. The van der Waals surface area contributed by atoms with Gasteiger partial charge in [0.05, 0.1) is 13.0 Å². The van der Waals surface area contributed by atoms with Crippen LogP contribution >= 0.6 is 0 Å². The van der Waals surface area contributed by atoms with Crippen molar-refractivity contribution in [1.29, 1.82) is 0 Å². The van der Waals surface area contributed by atoms with Gasteiger partial charge in [-0.2, -0.15) is 0 Å². The summed E-state index contributed by atoms with van der Waals surface area (Å²) < 4.78 is 10.5. The van der Waals surface area contributed by atoms with Gasteiger partial charge in [-0.05, 0) is 39.2 Å². The van der Waals surface area contributed by atoms with E-state index in [0.717, 1.165) is 22.1 Å². The van der Waals surface area contributed by atoms with Gasteiger partial charge in [-0.1, -0.05) is 11.6 Å². The average molecular weight is 572 g/mol. The lowest BCUT2D eigenvalue weighted by atomic mass is 9.93. The fourth-order valence-electron chi connectivity index (χ4n) is 4.73. The number of ether oxygens (including phenoxy) is 2. The molecule has 4 amide bonds. The minimum Gasteiger partial charge on any atom is -0.507 e. The number of carbonyl (C=O) groups is 6. The van der Waals surface area contributed by atoms with Crippen LogP contribution in [0.25, 0.3) is 0 Å². The Kier molecular flexibility index (Phi) is 9.87. The summed E-state index contributed by atoms with van der Waals surface area (Å²) >= 11 is 0. The van der Waals surface area contributed by atoms with E-state index in [1.54, 1.807) is 26.8 Å². The van der Waals surface area contributed by atoms with Crippen LogP contribution < -0.4 is 10.2 Å². The molecule has 0 aromatic heterocycles. The molecule has 0 spiro atoms. The molecule has 0 saturated heterocycles. The molecule has 2 aliphatic heterocycles. The zero-order chi connectivity index (χ0) is 30.4. The number of imide groups is 1. The van der Waals surface area contributed by atoms with Gasteiger partial charge >= 0.3 is 11.9 Å². The number of phenolic OH excluding ortho intramolecular Hbond substituents is 1. The van der Waals surface area contributed by atoms with Gasteiger partial charge in [-0.3, -0.25) is 39.3 Å². The van der Waals surface area contributed by atoms with E-state index >= 15 is 0 Å². The number of esters is 1. The number of nitrogens with one attached hydrogen (secondary N) is 1. The molecule has 2 aliphatic rings. The van der Waals surface area contributed by atoms with Gasteiger partial charge in [-0.15, -0.1) is 0 Å². The van der Waals surface area contributed by atoms with Gasteiger partial charge < -0.3 is 19.7 Å². The van der Waals surface area contributed by atoms with Crippen LogP contribution in [-0.2, 0) is 41.7 Å². The number of hydrazine groups is 1. The molecule has 13 heteroatoms. The van der Waals surface area contributed by atoms with Gasteiger partial charge in [-0.25, -0.2) is 4.79 Å². The van der Waals surface area contributed by atoms with Crippen molar-refractivity contribution in [2.45, 2.75) is 53.1 Å². The van der Waals surface area contributed by atoms with E-state index in [9.17, 15) is 39.0 Å². The highest BCUT2D eigenvalue weighted by Crippen LogP contribution is 2.42. The number of carbonyl (C=O) groups excluding carboxylic acids is 5. The lowest BCUT2D eigenvalue weighted by molar-refractivity contribution is -0.148. The zero-order valence-corrected chi connectivity index (χ0v) is 23.3. The number of phenols is 1. The van der Waals surface area contributed by atoms with E-state index in [2.05, 4.69) is 5.43 Å². The number of carboxylic acid groups (broad SMARTS) is 1. The Morgan fingerprint density at radius 3 is 2.44 bits per heavy atom. The molecule has 3 N–H and O–H groups in total. The molecule has 2 heterocycles. The molecule has 220 valence electrons. The second kappa shape index (κ2) is 13.1. The maximum Gasteiger partial charge on any atom is 0.342 e. The van der Waals surface area contributed by atoms with E-state index in [4.69, 9.17) is 9.47 Å². The van der Waals surface area contributed by atoms with Crippen molar-refractivity contribution in [2.24, 2.45) is 5.92 Å². The third-order valence-electron chi connectivity index (χ3n) is 6.98. The van der Waals surface area contributed by atoms with Crippen LogP contribution in [0, 0.1) is 12.8 Å². The Morgan fingerprint density at radius 2 is 1.85 bits per heavy atom. The van der Waals surface area contributed by atoms with E-state index in [0.29, 0.717) is 28.0 Å². The molecule has 0 saturated carbocycles. The quantitative estimate of drug-likeness (QED) is 0.144. The number of hydrogen-bond acceptors (Lipinski definition) is 9. The number of cyclic esters (lactones) is 1. The van der Waals surface area contributed by atoms with Crippen molar-refractivity contribution in [2.75, 3.05) is 20.2 Å². The number of aliphatic carboxylic acids is 1. The smallest absolute Gasteiger partial charge is 0.342 e. The summed E-state index contributed by atoms with van der Waals surface area (Å²) in [7, 11) is 1.44. The molecule has 1 aromatic rings. The van der Waals surface area contributed by atoms with Gasteiger partial charge in [0, 0.05) is 49.2 Å². The number of rotatable bonds is 12. The molecule has 3 rings (SSSR count). The van der Waals surface area contributed by atoms with Crippen LogP contribution in [0.5, 0.6) is 11.5 Å². The van der Waals surface area contributed by atoms with E-state index < -0.39 is 47.9 Å². The lowest BCUT2D eigenvalue weighted by Crippen LogP contribution is -2.47. The summed E-state index contributed by atoms with van der Waals surface area (Å²) in [5, 5.41) is 21.5. The maximum absolute atomic E-state index is 12.9. The zero-order valence-electron chi connectivity index (χ0n) is 23.3. The number of amides is 4. The number of carboxylic acids is 1. The van der Waals surface area contributed by atoms with Crippen LogP contribution in [0.15, 0.2) is 23.8 Å². The average Bonchev–Trinajstić information content (AvgIpc) is 3.47. The molecule has 0 aliphatic carbocycles. The Bertz CT molecular complexity index is 1330. The first-order chi connectivity index (χ1) is 19.4. The molecule has 41 heavy (non-hydrogen) atoms. The summed E-state index contributed by atoms with van der Waals surface area (Å²) in [5.74, 6) is -5.08. The molecule has 1 unspecified atom stereocenters. The number of methoxy groups -OCH3 is 1. The lowest BCUT2D eigenvalue weighted by Gasteiger charge is -2.24. The second-order valence-electron chi connectivity index (χ2n) is 9.70. The van der Waals surface area contributed by atoms with Crippen molar-refractivity contribution in [3.63, 3.8) is 0 Å². The van der Waals surface area contributed by atoms with Gasteiger partial charge in [0.2, 0.25) is 11.8 Å². The van der Waals surface area contributed by atoms with Crippen LogP contribution in [0.3, 0.4) is 0 Å². The summed E-state index contributed by atoms with van der Waals surface area (Å²) in [6.07, 6.45) is 3.41. The van der Waals surface area contributed by atoms with Crippen LogP contribution in [-0.4, -0.2) is 75.9 Å². The maximum atomic E-state index is 12.9. The van der Waals surface area contributed by atoms with Gasteiger partial charge in [0.1, 0.15) is 23.7 Å². The molecule has 13 nitrogen and oxygen atoms in total. The van der Waals surface area contributed by atoms with Crippen molar-refractivity contribution in [3.05, 3.63) is 46.1 Å². The normalized spacial score (nSPS) is 15.1. The van der Waals surface area contributed by atoms with Crippen LogP contribution in [0.4, 0.5) is 0 Å². The topological polar surface area (TPSA) is 180 Å². The minimum absolute atomic E-state index is 0.00774. The Balaban J connectivity index is 1.64. The first kappa shape index (κ1) is 30.9. The summed E-state index contributed by atoms with van der Waals surface area (Å²) in [5.41, 5.74) is 4.69. The predicted octanol–water partition coefficient (Wildman–Crippen LogP) is 1.54. The molecular weight excluding hydrogens is 538 g/mol. The number of allylic oxidation sites excluding steroid dienone is 2. The third-order valence-corrected chi connectivity index (χ3v) is 6.98. The summed E-state index contributed by atoms with van der Waals surface area (Å²) in [6.45, 7) is 4.99. The van der Waals surface area contributed by atoms with E-state index in [-0.39, 0.29) is 50.3 Å². The molecule has 1 aromatic carbocycles. The van der Waals surface area contributed by atoms with E-state index in [1.165, 1.54) is 7.11 Å². The number of fused-ring (bicyclic) bond motifs is 1. The van der Waals surface area contributed by atoms with E-state index in [1.807, 2.05) is 0 Å². The first-order valence-corrected chi connectivity index (χ1v) is 13.0. The monoisotopic (exact) mass is 571 g/mol. The molecular formula is C28H33N3O10. The third kappa shape index (κ3) is 6.91. The highest BCUT2D eigenvalue weighted by atomic mass is 16.5. The van der Waals surface area contributed by atoms with Crippen LogP contribution in [0.1, 0.15) is 60.2 Å². The second-order valence-corrected chi connectivity index (χ2v) is 9.70. The Labute approximate surface area is 236 Å². The summed E-state index contributed by atoms with van der Waals surface area (Å²) in [6, 6.07) is 0. The molecule has 0 radical (unpaired) electrons. The van der Waals surface area contributed by atoms with Gasteiger partial charge in [0.15, 0.2) is 0 Å². The fraction of sp³-hybridized carbons (Fsp3) is 0.429. The number of aromatic hydroxyl groups is 1. The molecule has 1 atom stereocenters. The largest absolute Gasteiger partial charge is 0.507 e.